The number of hydrogen-bond donors (Lipinski definition) is 0. The van der Waals surface area contributed by atoms with Gasteiger partial charge in [0.25, 0.3) is 0 Å². The van der Waals surface area contributed by atoms with Crippen molar-refractivity contribution in [1.29, 1.82) is 0 Å². The third-order valence-corrected chi connectivity index (χ3v) is 31.7. The van der Waals surface area contributed by atoms with Gasteiger partial charge in [-0.2, -0.15) is 0 Å². The van der Waals surface area contributed by atoms with E-state index in [0.717, 1.165) is 33.6 Å². The molecule has 0 saturated heterocycles. The quantitative estimate of drug-likeness (QED) is 0.0961. The number of benzene rings is 24. The first kappa shape index (κ1) is 90.1. The fourth-order valence-corrected chi connectivity index (χ4v) is 24.7. The van der Waals surface area contributed by atoms with E-state index in [-0.39, 0.29) is 7.43 Å². The summed E-state index contributed by atoms with van der Waals surface area (Å²) in [5, 5.41) is 18.0. The van der Waals surface area contributed by atoms with Gasteiger partial charge >= 0.3 is 0 Å². The molecular weight excluding hydrogens is 1840 g/mol. The summed E-state index contributed by atoms with van der Waals surface area (Å²) in [5.74, 6) is 1.97. The zero-order valence-electron chi connectivity index (χ0n) is 80.6. The molecule has 700 valence electrons. The number of aromatic nitrogens is 5. The van der Waals surface area contributed by atoms with Crippen LogP contribution < -0.4 is 0 Å². The molecule has 0 N–H and O–H groups in total. The Morgan fingerprint density at radius 1 is 0.128 bits per heavy atom. The average Bonchev–Trinajstić information content (AvgIpc) is 1.56. The predicted molar refractivity (Wildman–Crippen MR) is 637 cm³/mol. The highest BCUT2D eigenvalue weighted by Gasteiger charge is 2.25. The van der Waals surface area contributed by atoms with E-state index in [0.29, 0.717) is 17.5 Å². The van der Waals surface area contributed by atoms with Gasteiger partial charge in [-0.25, -0.2) is 15.0 Å². The lowest BCUT2D eigenvalue weighted by atomic mass is 9.91. The average molecular weight is 1940 g/mol. The van der Waals surface area contributed by atoms with Crippen LogP contribution in [0.3, 0.4) is 0 Å². The molecule has 0 spiro atoms. The molecule has 5 nitrogen and oxygen atoms in total. The highest BCUT2D eigenvalue weighted by Crippen LogP contribution is 2.50. The van der Waals surface area contributed by atoms with Crippen LogP contribution >= 0.6 is 22.7 Å². The maximum atomic E-state index is 4.98. The Hall–Kier alpha value is -18.9. The minimum absolute atomic E-state index is 0. The molecule has 0 saturated carbocycles. The first-order valence-electron chi connectivity index (χ1n) is 50.4. The first-order valence-corrected chi connectivity index (χ1v) is 52.0. The number of para-hydroxylation sites is 2. The highest BCUT2D eigenvalue weighted by atomic mass is 32.1. The molecule has 29 aromatic rings. The largest absolute Gasteiger partial charge is 0.309 e. The Kier molecular flexibility index (Phi) is 23.6. The molecule has 0 aliphatic rings. The summed E-state index contributed by atoms with van der Waals surface area (Å²) in [7, 11) is 0. The second-order valence-corrected chi connectivity index (χ2v) is 39.9. The van der Waals surface area contributed by atoms with Crippen molar-refractivity contribution in [2.24, 2.45) is 0 Å². The summed E-state index contributed by atoms with van der Waals surface area (Å²) in [6.45, 7) is 0. The summed E-state index contributed by atoms with van der Waals surface area (Å²) in [6.07, 6.45) is 0. The third kappa shape index (κ3) is 16.8. The lowest BCUT2D eigenvalue weighted by Gasteiger charge is -2.14. The molecule has 7 heteroatoms. The van der Waals surface area contributed by atoms with E-state index >= 15 is 0 Å². The van der Waals surface area contributed by atoms with Crippen LogP contribution in [0.2, 0.25) is 0 Å². The normalized spacial score (nSPS) is 11.4. The van der Waals surface area contributed by atoms with Crippen LogP contribution in [-0.2, 0) is 0 Å². The molecule has 0 bridgehead atoms. The van der Waals surface area contributed by atoms with Gasteiger partial charge in [-0.1, -0.05) is 487 Å². The molecule has 0 aliphatic heterocycles. The van der Waals surface area contributed by atoms with E-state index < -0.39 is 0 Å². The zero-order chi connectivity index (χ0) is 97.9. The Morgan fingerprint density at radius 3 is 0.792 bits per heavy atom. The van der Waals surface area contributed by atoms with Crippen molar-refractivity contribution in [2.75, 3.05) is 0 Å². The lowest BCUT2D eigenvalue weighted by Crippen LogP contribution is -2.00. The maximum Gasteiger partial charge on any atom is 0.164 e. The van der Waals surface area contributed by atoms with E-state index in [9.17, 15) is 0 Å². The maximum absolute atomic E-state index is 4.98. The van der Waals surface area contributed by atoms with Crippen molar-refractivity contribution in [3.8, 4) is 157 Å². The predicted octanol–water partition coefficient (Wildman–Crippen LogP) is 39.9. The summed E-state index contributed by atoms with van der Waals surface area (Å²) in [5.41, 5.74) is 34.4. The van der Waals surface area contributed by atoms with Gasteiger partial charge in [0.2, 0.25) is 0 Å². The van der Waals surface area contributed by atoms with Crippen LogP contribution in [-0.4, -0.2) is 24.1 Å². The third-order valence-electron chi connectivity index (χ3n) is 29.1. The minimum atomic E-state index is 0. The van der Waals surface area contributed by atoms with Gasteiger partial charge in [0.1, 0.15) is 0 Å². The second-order valence-electron chi connectivity index (χ2n) is 37.9. The number of rotatable bonds is 15. The highest BCUT2D eigenvalue weighted by molar-refractivity contribution is 7.27. The monoisotopic (exact) mass is 1930 g/mol. The molecule has 29 rings (SSSR count). The summed E-state index contributed by atoms with van der Waals surface area (Å²) < 4.78 is 10.2. The molecule has 0 amide bonds. The number of hydrogen-bond acceptors (Lipinski definition) is 5. The van der Waals surface area contributed by atoms with Crippen molar-refractivity contribution >= 4 is 139 Å². The summed E-state index contributed by atoms with van der Waals surface area (Å²) in [6, 6.07) is 199. The SMILES string of the molecule is C.c1ccc(-c2ccc(-c3cccc(-n4c5ccccc5c5cc6c(cc54)c4ccccc4n6-c4cc(-c5ccccc5)cc(-c5ccccc5)c4)c3)cc2)cc1.c1ccc(-c2ccc(-c3cccc4c3sc3c(-c5cccc(-c6nc(-c7ccccc7)nc(-c7ccccc7)n6)c5)cccc34)cc2)cc1.c1ccc(-c2cccc3c2sc2c(-c4cccc(-c5ccc6c7ccccc7c7ccccc7c6c5)c4)cccc23)cc1. The van der Waals surface area contributed by atoms with Gasteiger partial charge in [-0.05, 0) is 216 Å². The van der Waals surface area contributed by atoms with Gasteiger partial charge in [-0.3, -0.25) is 0 Å². The molecule has 5 aromatic heterocycles. The lowest BCUT2D eigenvalue weighted by molar-refractivity contribution is 1.07. The molecular formula is C142H95N5S2. The van der Waals surface area contributed by atoms with Gasteiger partial charge in [0.05, 0.1) is 22.1 Å². The Bertz CT molecular complexity index is 9970. The Balaban J connectivity index is 0.000000113. The number of fused-ring (bicyclic) bond motifs is 18. The molecule has 149 heavy (non-hydrogen) atoms. The van der Waals surface area contributed by atoms with Gasteiger partial charge in [0, 0.05) is 90.0 Å². The van der Waals surface area contributed by atoms with Gasteiger partial charge in [-0.15, -0.1) is 22.7 Å². The van der Waals surface area contributed by atoms with Crippen LogP contribution in [0.15, 0.2) is 552 Å². The van der Waals surface area contributed by atoms with Crippen molar-refractivity contribution in [1.82, 2.24) is 24.1 Å². The summed E-state index contributed by atoms with van der Waals surface area (Å²) >= 11 is 3.78. The van der Waals surface area contributed by atoms with E-state index in [4.69, 9.17) is 15.0 Å². The van der Waals surface area contributed by atoms with Crippen LogP contribution in [0.25, 0.3) is 273 Å². The summed E-state index contributed by atoms with van der Waals surface area (Å²) in [4.78, 5) is 14.8. The molecule has 0 fully saturated rings. The van der Waals surface area contributed by atoms with E-state index in [1.165, 1.54) is 222 Å². The Labute approximate surface area is 872 Å². The van der Waals surface area contributed by atoms with Gasteiger partial charge in [0.15, 0.2) is 17.5 Å². The van der Waals surface area contributed by atoms with Crippen LogP contribution in [0.1, 0.15) is 7.43 Å². The van der Waals surface area contributed by atoms with E-state index in [2.05, 4.69) is 501 Å². The number of nitrogens with zero attached hydrogens (tertiary/aromatic N) is 5. The standard InChI is InChI=1S/C54H36N2.C45H29N3S.C42H26S.CH4/c1-4-15-37(16-5-1)40-27-29-41(30-28-40)42-21-14-22-45(32-42)55-51-25-12-10-23-47(51)49-36-54-50(35-53(49)55)48-24-11-13-26-52(48)56(54)46-33-43(38-17-6-2-7-18-38)31-44(34-46)39-19-8-3-9-20-39;1-4-13-30(14-5-1)31-25-27-32(28-26-31)37-21-11-23-39-40-24-12-22-38(42(40)49-41(37)39)35-19-10-20-36(29-35)45-47-43(33-15-6-2-7-16-33)46-44(48-45)34-17-8-3-9-18-34;1-2-11-27(12-3-1)31-19-9-21-38-39-22-10-20-32(42(39)43-41(31)38)30-14-8-13-28(25-30)29-23-24-37-35-17-5-4-15-33(35)34-16-6-7-18-36(34)40(37)26-29;/h1-36H;1-29H;1-26H;1H4. The van der Waals surface area contributed by atoms with Crippen LogP contribution in [0.5, 0.6) is 0 Å². The van der Waals surface area contributed by atoms with Crippen LogP contribution in [0, 0.1) is 0 Å². The topological polar surface area (TPSA) is 48.5 Å². The van der Waals surface area contributed by atoms with Crippen molar-refractivity contribution in [3.05, 3.63) is 552 Å². The van der Waals surface area contributed by atoms with Gasteiger partial charge < -0.3 is 9.13 Å². The van der Waals surface area contributed by atoms with Crippen molar-refractivity contribution in [2.45, 2.75) is 7.43 Å². The number of thiophene rings is 2. The Morgan fingerprint density at radius 2 is 0.369 bits per heavy atom. The smallest absolute Gasteiger partial charge is 0.164 e. The van der Waals surface area contributed by atoms with Crippen molar-refractivity contribution in [3.63, 3.8) is 0 Å². The molecule has 0 unspecified atom stereocenters. The fourth-order valence-electron chi connectivity index (χ4n) is 22.0. The molecule has 24 aromatic carbocycles. The molecule has 0 aliphatic carbocycles. The van der Waals surface area contributed by atoms with E-state index in [1.807, 2.05) is 83.3 Å². The molecule has 0 radical (unpaired) electrons. The first-order chi connectivity index (χ1) is 73.4. The van der Waals surface area contributed by atoms with Crippen molar-refractivity contribution < 1.29 is 0 Å². The molecule has 5 heterocycles. The van der Waals surface area contributed by atoms with Crippen LogP contribution in [0.4, 0.5) is 0 Å². The fraction of sp³-hybridized carbons (Fsp3) is 0.00704. The molecule has 0 atom stereocenters. The zero-order valence-corrected chi connectivity index (χ0v) is 82.2. The second kappa shape index (κ2) is 39.0. The minimum Gasteiger partial charge on any atom is -0.309 e. The van der Waals surface area contributed by atoms with E-state index in [1.54, 1.807) is 0 Å².